The van der Waals surface area contributed by atoms with Crippen molar-refractivity contribution in [2.24, 2.45) is 10.2 Å². The van der Waals surface area contributed by atoms with Crippen LogP contribution in [0, 0.1) is 11.3 Å². The van der Waals surface area contributed by atoms with Crippen LogP contribution in [0.25, 0.3) is 5.95 Å². The van der Waals surface area contributed by atoms with E-state index in [1.165, 1.54) is 44.4 Å². The lowest BCUT2D eigenvalue weighted by Gasteiger charge is -2.13. The van der Waals surface area contributed by atoms with Crippen LogP contribution in [0.5, 0.6) is 11.5 Å². The quantitative estimate of drug-likeness (QED) is 0.418. The van der Waals surface area contributed by atoms with Crippen molar-refractivity contribution in [1.29, 1.82) is 5.26 Å². The molecule has 1 atom stereocenters. The molecule has 1 amide bonds. The monoisotopic (exact) mass is 434 g/mol. The smallest absolute Gasteiger partial charge is 0.258 e. The van der Waals surface area contributed by atoms with E-state index < -0.39 is 17.7 Å². The summed E-state index contributed by atoms with van der Waals surface area (Å²) in [6.45, 7) is 1.21. The molecule has 32 heavy (non-hydrogen) atoms. The Morgan fingerprint density at radius 3 is 2.59 bits per heavy atom. The number of azo groups is 1. The van der Waals surface area contributed by atoms with Gasteiger partial charge in [-0.2, -0.15) is 20.2 Å². The summed E-state index contributed by atoms with van der Waals surface area (Å²) in [5, 5.41) is 23.8. The second-order valence-electron chi connectivity index (χ2n) is 6.24. The van der Waals surface area contributed by atoms with Gasteiger partial charge in [-0.25, -0.2) is 9.97 Å². The van der Waals surface area contributed by atoms with Crippen molar-refractivity contribution in [3.05, 3.63) is 48.4 Å². The maximum atomic E-state index is 12.8. The normalized spacial score (nSPS) is 11.6. The van der Waals surface area contributed by atoms with Crippen LogP contribution in [0.1, 0.15) is 12.5 Å². The minimum Gasteiger partial charge on any atom is -0.497 e. The highest BCUT2D eigenvalue weighted by Crippen LogP contribution is 2.29. The number of nitrogens with one attached hydrogen (secondary N) is 1. The number of nitrogens with zero attached hydrogens (tertiary/aromatic N) is 7. The van der Waals surface area contributed by atoms with Crippen LogP contribution in [0.2, 0.25) is 0 Å². The van der Waals surface area contributed by atoms with Gasteiger partial charge in [-0.05, 0) is 25.1 Å². The van der Waals surface area contributed by atoms with Gasteiger partial charge >= 0.3 is 0 Å². The number of carbonyl (C=O) groups is 2. The molecule has 0 bridgehead atoms. The van der Waals surface area contributed by atoms with Crippen molar-refractivity contribution in [2.45, 2.75) is 13.0 Å². The summed E-state index contributed by atoms with van der Waals surface area (Å²) >= 11 is 0. The van der Waals surface area contributed by atoms with Crippen molar-refractivity contribution in [2.75, 3.05) is 19.5 Å². The van der Waals surface area contributed by atoms with E-state index in [9.17, 15) is 14.9 Å². The molecule has 3 rings (SSSR count). The molecule has 2 aromatic heterocycles. The third-order valence-corrected chi connectivity index (χ3v) is 4.17. The largest absolute Gasteiger partial charge is 0.497 e. The highest BCUT2D eigenvalue weighted by atomic mass is 16.5. The number of ether oxygens (including phenoxy) is 2. The Hall–Kier alpha value is -4.66. The van der Waals surface area contributed by atoms with E-state index >= 15 is 0 Å². The third kappa shape index (κ3) is 4.73. The van der Waals surface area contributed by atoms with Gasteiger partial charge in [0.1, 0.15) is 23.1 Å². The molecule has 1 aromatic carbocycles. The summed E-state index contributed by atoms with van der Waals surface area (Å²) in [4.78, 5) is 33.0. The van der Waals surface area contributed by atoms with Crippen LogP contribution in [-0.2, 0) is 9.59 Å². The van der Waals surface area contributed by atoms with Gasteiger partial charge in [0.05, 0.1) is 26.1 Å². The highest BCUT2D eigenvalue weighted by Gasteiger charge is 2.25. The number of ketones is 1. The number of nitriles is 1. The Morgan fingerprint density at radius 1 is 1.22 bits per heavy atom. The minimum absolute atomic E-state index is 0.0141. The van der Waals surface area contributed by atoms with Gasteiger partial charge in [-0.3, -0.25) is 9.59 Å². The molecule has 0 saturated heterocycles. The van der Waals surface area contributed by atoms with Gasteiger partial charge in [0, 0.05) is 18.5 Å². The highest BCUT2D eigenvalue weighted by molar-refractivity contribution is 6.10. The number of aromatic nitrogens is 4. The molecule has 162 valence electrons. The van der Waals surface area contributed by atoms with Crippen molar-refractivity contribution >= 4 is 23.2 Å². The van der Waals surface area contributed by atoms with Gasteiger partial charge in [0.15, 0.2) is 11.6 Å². The number of rotatable bonds is 8. The van der Waals surface area contributed by atoms with E-state index in [1.54, 1.807) is 24.3 Å². The second kappa shape index (κ2) is 9.90. The summed E-state index contributed by atoms with van der Waals surface area (Å²) in [5.41, 5.74) is 0.390. The Morgan fingerprint density at radius 2 is 1.97 bits per heavy atom. The van der Waals surface area contributed by atoms with E-state index in [2.05, 4.69) is 30.6 Å². The number of benzene rings is 1. The van der Waals surface area contributed by atoms with E-state index in [1.807, 2.05) is 6.07 Å². The van der Waals surface area contributed by atoms with Crippen LogP contribution >= 0.6 is 0 Å². The number of Topliss-reactive ketones (excluding diaryl/α,β-unsaturated/α-hetero) is 1. The number of hydrogen-bond acceptors (Lipinski definition) is 10. The van der Waals surface area contributed by atoms with Crippen LogP contribution in [0.3, 0.4) is 0 Å². The van der Waals surface area contributed by atoms with Crippen LogP contribution in [-0.4, -0.2) is 51.7 Å². The van der Waals surface area contributed by atoms with Gasteiger partial charge in [-0.15, -0.1) is 5.11 Å². The summed E-state index contributed by atoms with van der Waals surface area (Å²) in [5.74, 6) is -0.287. The third-order valence-electron chi connectivity index (χ3n) is 4.17. The number of hydrogen-bond donors (Lipinski definition) is 1. The standard InChI is InChI=1S/C20H18N8O4/c1-12(29)17(19(30)25-15-6-5-14(31-2)9-16(15)32-3)26-27-18-13(10-21)11-24-28(18)20-22-7-4-8-23-20/h4-9,11,17H,1-3H3,(H,25,30). The second-order valence-corrected chi connectivity index (χ2v) is 6.24. The zero-order valence-electron chi connectivity index (χ0n) is 17.4. The Balaban J connectivity index is 1.90. The number of anilines is 1. The first-order chi connectivity index (χ1) is 15.5. The summed E-state index contributed by atoms with van der Waals surface area (Å²) in [7, 11) is 2.93. The zero-order valence-corrected chi connectivity index (χ0v) is 17.4. The zero-order chi connectivity index (χ0) is 23.1. The first-order valence-corrected chi connectivity index (χ1v) is 9.18. The van der Waals surface area contributed by atoms with E-state index in [0.29, 0.717) is 17.2 Å². The lowest BCUT2D eigenvalue weighted by molar-refractivity contribution is -0.126. The molecule has 12 nitrogen and oxygen atoms in total. The van der Waals surface area contributed by atoms with Gasteiger partial charge in [-0.1, -0.05) is 0 Å². The number of amides is 1. The summed E-state index contributed by atoms with van der Waals surface area (Å²) in [6.07, 6.45) is 4.24. The maximum Gasteiger partial charge on any atom is 0.258 e. The van der Waals surface area contributed by atoms with Gasteiger partial charge < -0.3 is 14.8 Å². The lowest BCUT2D eigenvalue weighted by atomic mass is 10.2. The van der Waals surface area contributed by atoms with Crippen LogP contribution < -0.4 is 14.8 Å². The molecule has 3 aromatic rings. The molecule has 0 aliphatic heterocycles. The molecule has 0 aliphatic rings. The van der Waals surface area contributed by atoms with E-state index in [0.717, 1.165) is 0 Å². The maximum absolute atomic E-state index is 12.8. The molecule has 12 heteroatoms. The molecule has 1 N–H and O–H groups in total. The average Bonchev–Trinajstić information content (AvgIpc) is 3.22. The van der Waals surface area contributed by atoms with Crippen molar-refractivity contribution in [3.63, 3.8) is 0 Å². The molecule has 0 saturated carbocycles. The van der Waals surface area contributed by atoms with Gasteiger partial charge in [0.25, 0.3) is 11.9 Å². The molecule has 0 aliphatic carbocycles. The molecule has 0 fully saturated rings. The fraction of sp³-hybridized carbons (Fsp3) is 0.200. The Kier molecular flexibility index (Phi) is 6.81. The van der Waals surface area contributed by atoms with Crippen LogP contribution in [0.4, 0.5) is 11.5 Å². The first kappa shape index (κ1) is 22.0. The average molecular weight is 434 g/mol. The van der Waals surface area contributed by atoms with E-state index in [-0.39, 0.29) is 17.3 Å². The van der Waals surface area contributed by atoms with E-state index in [4.69, 9.17) is 9.47 Å². The predicted octanol–water partition coefficient (Wildman–Crippen LogP) is 2.23. The molecule has 2 heterocycles. The molecular formula is C20H18N8O4. The van der Waals surface area contributed by atoms with Crippen LogP contribution in [0.15, 0.2) is 53.1 Å². The topological polar surface area (TPSA) is 157 Å². The SMILES string of the molecule is COc1ccc(NC(=O)C(N=Nc2c(C#N)cnn2-c2ncccn2)C(C)=O)c(OC)c1. The van der Waals surface area contributed by atoms with Crippen molar-refractivity contribution in [1.82, 2.24) is 19.7 Å². The summed E-state index contributed by atoms with van der Waals surface area (Å²) in [6, 6.07) is 6.84. The molecular weight excluding hydrogens is 416 g/mol. The summed E-state index contributed by atoms with van der Waals surface area (Å²) < 4.78 is 11.6. The Bertz CT molecular complexity index is 1200. The lowest BCUT2D eigenvalue weighted by Crippen LogP contribution is -2.32. The predicted molar refractivity (Wildman–Crippen MR) is 111 cm³/mol. The fourth-order valence-corrected chi connectivity index (χ4v) is 2.60. The van der Waals surface area contributed by atoms with Crippen molar-refractivity contribution < 1.29 is 19.1 Å². The number of methoxy groups -OCH3 is 2. The molecule has 0 spiro atoms. The van der Waals surface area contributed by atoms with Gasteiger partial charge in [0.2, 0.25) is 6.04 Å². The van der Waals surface area contributed by atoms with Crippen molar-refractivity contribution in [3.8, 4) is 23.5 Å². The first-order valence-electron chi connectivity index (χ1n) is 9.18. The molecule has 0 radical (unpaired) electrons. The number of carbonyl (C=O) groups excluding carboxylic acids is 2. The molecule has 1 unspecified atom stereocenters. The Labute approximate surface area is 182 Å². The minimum atomic E-state index is -1.48. The fourth-order valence-electron chi connectivity index (χ4n) is 2.60.